The minimum absolute atomic E-state index is 0.0352. The average molecular weight is 322 g/mol. The maximum Gasteiger partial charge on any atom is 0.408 e. The highest BCUT2D eigenvalue weighted by Crippen LogP contribution is 2.06. The molecule has 8 heteroatoms. The molecule has 1 aromatic carbocycles. The number of nitrogens with zero attached hydrogens (tertiary/aromatic N) is 1. The van der Waals surface area contributed by atoms with Gasteiger partial charge in [-0.1, -0.05) is 30.3 Å². The number of ether oxygens (including phenoxy) is 2. The summed E-state index contributed by atoms with van der Waals surface area (Å²) in [5, 5.41) is 11.2. The Balaban J connectivity index is 1.89. The molecule has 1 aliphatic rings. The van der Waals surface area contributed by atoms with Crippen molar-refractivity contribution >= 4 is 18.0 Å². The van der Waals surface area contributed by atoms with E-state index in [-0.39, 0.29) is 13.3 Å². The standard InChI is InChI=1S/C15H18N2O6/c18-13(19)8-12(14(20)17-6-7-22-10-17)16-15(21)23-9-11-4-2-1-3-5-11/h1-5,12H,6-10H2,(H,16,21)(H,18,19). The number of nitrogens with one attached hydrogen (secondary N) is 1. The van der Waals surface area contributed by atoms with Crippen LogP contribution in [0.1, 0.15) is 12.0 Å². The third kappa shape index (κ3) is 5.26. The van der Waals surface area contributed by atoms with E-state index in [1.807, 2.05) is 6.07 Å². The predicted molar refractivity (Wildman–Crippen MR) is 78.3 cm³/mol. The number of hydrogen-bond acceptors (Lipinski definition) is 5. The largest absolute Gasteiger partial charge is 0.481 e. The van der Waals surface area contributed by atoms with Crippen LogP contribution in [0.3, 0.4) is 0 Å². The molecule has 2 N–H and O–H groups in total. The smallest absolute Gasteiger partial charge is 0.408 e. The Hall–Kier alpha value is -2.61. The second-order valence-electron chi connectivity index (χ2n) is 5.00. The van der Waals surface area contributed by atoms with E-state index in [0.29, 0.717) is 13.2 Å². The molecule has 0 radical (unpaired) electrons. The Bertz CT molecular complexity index is 556. The molecule has 0 aromatic heterocycles. The van der Waals surface area contributed by atoms with Crippen molar-refractivity contribution in [2.75, 3.05) is 19.9 Å². The lowest BCUT2D eigenvalue weighted by Crippen LogP contribution is -2.49. The Morgan fingerprint density at radius 2 is 2.04 bits per heavy atom. The van der Waals surface area contributed by atoms with Gasteiger partial charge in [0.15, 0.2) is 0 Å². The van der Waals surface area contributed by atoms with Crippen LogP contribution in [-0.2, 0) is 25.7 Å². The van der Waals surface area contributed by atoms with Gasteiger partial charge in [-0.3, -0.25) is 9.59 Å². The molecular formula is C15H18N2O6. The molecule has 0 bridgehead atoms. The van der Waals surface area contributed by atoms with Gasteiger partial charge in [0.2, 0.25) is 5.91 Å². The van der Waals surface area contributed by atoms with Crippen molar-refractivity contribution in [2.45, 2.75) is 19.1 Å². The van der Waals surface area contributed by atoms with Crippen molar-refractivity contribution in [1.82, 2.24) is 10.2 Å². The van der Waals surface area contributed by atoms with Gasteiger partial charge in [0.25, 0.3) is 0 Å². The van der Waals surface area contributed by atoms with Crippen molar-refractivity contribution in [2.24, 2.45) is 0 Å². The van der Waals surface area contributed by atoms with Crippen molar-refractivity contribution in [1.29, 1.82) is 0 Å². The number of aliphatic carboxylic acids is 1. The molecule has 0 aliphatic carbocycles. The van der Waals surface area contributed by atoms with E-state index < -0.39 is 30.4 Å². The van der Waals surface area contributed by atoms with Crippen LogP contribution >= 0.6 is 0 Å². The molecule has 0 saturated carbocycles. The third-order valence-electron chi connectivity index (χ3n) is 3.25. The number of carboxylic acids is 1. The second kappa shape index (κ2) is 8.14. The van der Waals surface area contributed by atoms with Gasteiger partial charge in [0, 0.05) is 6.54 Å². The zero-order chi connectivity index (χ0) is 16.7. The van der Waals surface area contributed by atoms with Gasteiger partial charge in [-0.05, 0) is 5.56 Å². The Labute approximate surface area is 133 Å². The lowest BCUT2D eigenvalue weighted by atomic mass is 10.2. The number of amides is 2. The first kappa shape index (κ1) is 16.8. The van der Waals surface area contributed by atoms with E-state index in [1.165, 1.54) is 4.90 Å². The molecule has 23 heavy (non-hydrogen) atoms. The van der Waals surface area contributed by atoms with Gasteiger partial charge in [-0.2, -0.15) is 0 Å². The average Bonchev–Trinajstić information content (AvgIpc) is 3.06. The first-order chi connectivity index (χ1) is 11.1. The van der Waals surface area contributed by atoms with Crippen LogP contribution in [0.4, 0.5) is 4.79 Å². The Morgan fingerprint density at radius 1 is 1.30 bits per heavy atom. The Morgan fingerprint density at radius 3 is 2.65 bits per heavy atom. The summed E-state index contributed by atoms with van der Waals surface area (Å²) >= 11 is 0. The highest BCUT2D eigenvalue weighted by Gasteiger charge is 2.30. The maximum atomic E-state index is 12.2. The van der Waals surface area contributed by atoms with Crippen LogP contribution in [0.5, 0.6) is 0 Å². The van der Waals surface area contributed by atoms with E-state index in [4.69, 9.17) is 14.6 Å². The molecule has 2 rings (SSSR count). The molecule has 1 aliphatic heterocycles. The van der Waals surface area contributed by atoms with Crippen LogP contribution in [0, 0.1) is 0 Å². The topological polar surface area (TPSA) is 105 Å². The minimum atomic E-state index is -1.19. The zero-order valence-electron chi connectivity index (χ0n) is 12.4. The highest BCUT2D eigenvalue weighted by atomic mass is 16.5. The summed E-state index contributed by atoms with van der Waals surface area (Å²) in [6, 6.07) is 7.84. The fraction of sp³-hybridized carbons (Fsp3) is 0.400. The van der Waals surface area contributed by atoms with Crippen LogP contribution in [0.25, 0.3) is 0 Å². The first-order valence-electron chi connectivity index (χ1n) is 7.12. The number of hydrogen-bond donors (Lipinski definition) is 2. The van der Waals surface area contributed by atoms with Crippen molar-refractivity contribution < 1.29 is 29.0 Å². The molecule has 1 atom stereocenters. The van der Waals surface area contributed by atoms with Gasteiger partial charge in [-0.15, -0.1) is 0 Å². The fourth-order valence-corrected chi connectivity index (χ4v) is 2.09. The SMILES string of the molecule is O=C(O)CC(NC(=O)OCc1ccccc1)C(=O)N1CCOC1. The normalized spacial score (nSPS) is 15.0. The monoisotopic (exact) mass is 322 g/mol. The molecule has 2 amide bonds. The summed E-state index contributed by atoms with van der Waals surface area (Å²) in [5.41, 5.74) is 0.789. The first-order valence-corrected chi connectivity index (χ1v) is 7.12. The summed E-state index contributed by atoms with van der Waals surface area (Å²) in [6.07, 6.45) is -1.36. The van der Waals surface area contributed by atoms with E-state index in [2.05, 4.69) is 5.32 Å². The molecule has 1 saturated heterocycles. The molecule has 8 nitrogen and oxygen atoms in total. The number of carbonyl (C=O) groups is 3. The van der Waals surface area contributed by atoms with Crippen LogP contribution in [0.2, 0.25) is 0 Å². The predicted octanol–water partition coefficient (Wildman–Crippen LogP) is 0.572. The summed E-state index contributed by atoms with van der Waals surface area (Å²) in [7, 11) is 0. The van der Waals surface area contributed by atoms with Crippen molar-refractivity contribution in [3.63, 3.8) is 0 Å². The number of carbonyl (C=O) groups excluding carboxylic acids is 2. The lowest BCUT2D eigenvalue weighted by molar-refractivity contribution is -0.142. The molecular weight excluding hydrogens is 304 g/mol. The number of benzene rings is 1. The molecule has 0 spiro atoms. The highest BCUT2D eigenvalue weighted by molar-refractivity contribution is 5.89. The molecule has 1 fully saturated rings. The third-order valence-corrected chi connectivity index (χ3v) is 3.25. The van der Waals surface area contributed by atoms with E-state index in [9.17, 15) is 14.4 Å². The quantitative estimate of drug-likeness (QED) is 0.793. The number of alkyl carbamates (subject to hydrolysis) is 1. The molecule has 124 valence electrons. The lowest BCUT2D eigenvalue weighted by Gasteiger charge is -2.21. The number of carboxylic acid groups (broad SMARTS) is 1. The van der Waals surface area contributed by atoms with Crippen LogP contribution in [-0.4, -0.2) is 53.9 Å². The van der Waals surface area contributed by atoms with Gasteiger partial charge >= 0.3 is 12.1 Å². The molecule has 1 heterocycles. The summed E-state index contributed by atoms with van der Waals surface area (Å²) in [5.74, 6) is -1.69. The van der Waals surface area contributed by atoms with Crippen molar-refractivity contribution in [3.05, 3.63) is 35.9 Å². The van der Waals surface area contributed by atoms with Crippen LogP contribution < -0.4 is 5.32 Å². The number of rotatable bonds is 6. The molecule has 1 unspecified atom stereocenters. The Kier molecular flexibility index (Phi) is 5.93. The maximum absolute atomic E-state index is 12.2. The van der Waals surface area contributed by atoms with Gasteiger partial charge in [0.1, 0.15) is 19.4 Å². The summed E-state index contributed by atoms with van der Waals surface area (Å²) in [6.45, 7) is 0.892. The minimum Gasteiger partial charge on any atom is -0.481 e. The van der Waals surface area contributed by atoms with E-state index >= 15 is 0 Å². The second-order valence-corrected chi connectivity index (χ2v) is 5.00. The van der Waals surface area contributed by atoms with Crippen molar-refractivity contribution in [3.8, 4) is 0 Å². The fourth-order valence-electron chi connectivity index (χ4n) is 2.09. The van der Waals surface area contributed by atoms with Gasteiger partial charge in [-0.25, -0.2) is 4.79 Å². The van der Waals surface area contributed by atoms with E-state index in [1.54, 1.807) is 24.3 Å². The molecule has 1 aromatic rings. The van der Waals surface area contributed by atoms with Crippen LogP contribution in [0.15, 0.2) is 30.3 Å². The van der Waals surface area contributed by atoms with E-state index in [0.717, 1.165) is 5.56 Å². The van der Waals surface area contributed by atoms with Gasteiger partial charge in [0.05, 0.1) is 13.0 Å². The zero-order valence-corrected chi connectivity index (χ0v) is 12.4. The summed E-state index contributed by atoms with van der Waals surface area (Å²) < 4.78 is 10.1. The summed E-state index contributed by atoms with van der Waals surface area (Å²) in [4.78, 5) is 36.3. The van der Waals surface area contributed by atoms with Gasteiger partial charge < -0.3 is 24.8 Å².